The Labute approximate surface area is 111 Å². The number of hydrogen-bond acceptors (Lipinski definition) is 4. The van der Waals surface area contributed by atoms with Crippen LogP contribution in [0.25, 0.3) is 0 Å². The quantitative estimate of drug-likeness (QED) is 0.709. The number of halogens is 2. The third-order valence-corrected chi connectivity index (χ3v) is 2.77. The first-order valence-electron chi connectivity index (χ1n) is 6.36. The summed E-state index contributed by atoms with van der Waals surface area (Å²) in [4.78, 5) is 11.4. The predicted octanol–water partition coefficient (Wildman–Crippen LogP) is 1.26. The number of hydrogen-bond donors (Lipinski definition) is 3. The van der Waals surface area contributed by atoms with E-state index in [1.165, 1.54) is 0 Å². The molecule has 0 radical (unpaired) electrons. The lowest BCUT2D eigenvalue weighted by Gasteiger charge is -2.37. The molecule has 0 aromatic carbocycles. The van der Waals surface area contributed by atoms with Crippen molar-refractivity contribution in [2.45, 2.75) is 63.8 Å². The molecular formula is C12H22F2N2O3. The number of carbonyl (C=O) groups is 1. The van der Waals surface area contributed by atoms with Crippen LogP contribution in [0, 0.1) is 0 Å². The van der Waals surface area contributed by atoms with E-state index in [1.807, 2.05) is 0 Å². The Hall–Kier alpha value is -0.950. The lowest BCUT2D eigenvalue weighted by molar-refractivity contribution is -0.00678. The Bertz CT molecular complexity index is 302. The molecule has 1 saturated carbocycles. The van der Waals surface area contributed by atoms with Gasteiger partial charge in [0.25, 0.3) is 6.43 Å². The molecule has 1 rings (SSSR count). The summed E-state index contributed by atoms with van der Waals surface area (Å²) in [5, 5.41) is 14.5. The van der Waals surface area contributed by atoms with Crippen molar-refractivity contribution >= 4 is 6.09 Å². The Morgan fingerprint density at radius 3 is 2.42 bits per heavy atom. The minimum atomic E-state index is -2.73. The summed E-state index contributed by atoms with van der Waals surface area (Å²) in [7, 11) is 0. The highest BCUT2D eigenvalue weighted by atomic mass is 19.3. The topological polar surface area (TPSA) is 70.6 Å². The van der Waals surface area contributed by atoms with E-state index < -0.39 is 24.2 Å². The summed E-state index contributed by atoms with van der Waals surface area (Å²) >= 11 is 0. The average molecular weight is 280 g/mol. The monoisotopic (exact) mass is 280 g/mol. The molecule has 5 nitrogen and oxygen atoms in total. The second kappa shape index (κ2) is 6.47. The van der Waals surface area contributed by atoms with Crippen LogP contribution in [0.15, 0.2) is 0 Å². The predicted molar refractivity (Wildman–Crippen MR) is 66.2 cm³/mol. The SMILES string of the molecule is CC(C)(C)OC(=O)NC1CC(NCC(O)C(F)F)C1. The van der Waals surface area contributed by atoms with Crippen LogP contribution in [0.1, 0.15) is 33.6 Å². The maximum atomic E-state index is 12.0. The van der Waals surface area contributed by atoms with E-state index in [0.717, 1.165) is 0 Å². The van der Waals surface area contributed by atoms with Crippen molar-refractivity contribution in [3.63, 3.8) is 0 Å². The van der Waals surface area contributed by atoms with Gasteiger partial charge in [0.15, 0.2) is 0 Å². The van der Waals surface area contributed by atoms with Gasteiger partial charge in [-0.05, 0) is 33.6 Å². The highest BCUT2D eigenvalue weighted by molar-refractivity contribution is 5.68. The van der Waals surface area contributed by atoms with Crippen molar-refractivity contribution in [3.05, 3.63) is 0 Å². The van der Waals surface area contributed by atoms with Gasteiger partial charge >= 0.3 is 6.09 Å². The third-order valence-electron chi connectivity index (χ3n) is 2.77. The van der Waals surface area contributed by atoms with Gasteiger partial charge in [0.1, 0.15) is 11.7 Å². The molecule has 1 unspecified atom stereocenters. The van der Waals surface area contributed by atoms with Crippen LogP contribution < -0.4 is 10.6 Å². The van der Waals surface area contributed by atoms with E-state index in [1.54, 1.807) is 20.8 Å². The van der Waals surface area contributed by atoms with Crippen molar-refractivity contribution in [2.24, 2.45) is 0 Å². The highest BCUT2D eigenvalue weighted by Gasteiger charge is 2.32. The fraction of sp³-hybridized carbons (Fsp3) is 0.917. The van der Waals surface area contributed by atoms with Crippen LogP contribution in [0.2, 0.25) is 0 Å². The molecule has 0 bridgehead atoms. The number of ether oxygens (including phenoxy) is 1. The normalized spacial score (nSPS) is 24.8. The van der Waals surface area contributed by atoms with Gasteiger partial charge in [0, 0.05) is 18.6 Å². The molecule has 0 aromatic rings. The molecule has 1 aliphatic carbocycles. The summed E-state index contributed by atoms with van der Waals surface area (Å²) in [6.07, 6.45) is -3.55. The largest absolute Gasteiger partial charge is 0.444 e. The van der Waals surface area contributed by atoms with Gasteiger partial charge in [-0.15, -0.1) is 0 Å². The first-order chi connectivity index (χ1) is 8.67. The van der Waals surface area contributed by atoms with Gasteiger partial charge in [-0.2, -0.15) is 0 Å². The van der Waals surface area contributed by atoms with Gasteiger partial charge in [-0.25, -0.2) is 13.6 Å². The number of amides is 1. The van der Waals surface area contributed by atoms with E-state index in [4.69, 9.17) is 9.84 Å². The standard InChI is InChI=1S/C12H22F2N2O3/c1-12(2,3)19-11(18)16-8-4-7(5-8)15-6-9(17)10(13)14/h7-10,15,17H,4-6H2,1-3H3,(H,16,18). The first-order valence-corrected chi connectivity index (χ1v) is 6.36. The van der Waals surface area contributed by atoms with E-state index in [2.05, 4.69) is 10.6 Å². The van der Waals surface area contributed by atoms with Crippen molar-refractivity contribution in [1.82, 2.24) is 10.6 Å². The minimum absolute atomic E-state index is 0.00366. The first kappa shape index (κ1) is 16.1. The molecule has 19 heavy (non-hydrogen) atoms. The zero-order valence-electron chi connectivity index (χ0n) is 11.5. The lowest BCUT2D eigenvalue weighted by atomic mass is 9.87. The van der Waals surface area contributed by atoms with E-state index in [0.29, 0.717) is 12.8 Å². The molecule has 0 aromatic heterocycles. The summed E-state index contributed by atoms with van der Waals surface area (Å²) in [6, 6.07) is 0.0457. The number of carbonyl (C=O) groups excluding carboxylic acids is 1. The van der Waals surface area contributed by atoms with Gasteiger partial charge in [0.2, 0.25) is 0 Å². The third kappa shape index (κ3) is 6.15. The van der Waals surface area contributed by atoms with Crippen molar-refractivity contribution in [1.29, 1.82) is 0 Å². The second-order valence-corrected chi connectivity index (χ2v) is 5.82. The van der Waals surface area contributed by atoms with Gasteiger partial charge in [0.05, 0.1) is 0 Å². The molecule has 7 heteroatoms. The van der Waals surface area contributed by atoms with Crippen molar-refractivity contribution in [2.75, 3.05) is 6.54 Å². The van der Waals surface area contributed by atoms with Crippen molar-refractivity contribution in [3.8, 4) is 0 Å². The van der Waals surface area contributed by atoms with E-state index >= 15 is 0 Å². The molecule has 112 valence electrons. The molecular weight excluding hydrogens is 258 g/mol. The number of nitrogens with one attached hydrogen (secondary N) is 2. The number of alkyl carbamates (subject to hydrolysis) is 1. The Morgan fingerprint density at radius 1 is 1.37 bits per heavy atom. The summed E-state index contributed by atoms with van der Waals surface area (Å²) in [5.74, 6) is 0. The van der Waals surface area contributed by atoms with E-state index in [9.17, 15) is 13.6 Å². The molecule has 1 aliphatic rings. The molecule has 3 N–H and O–H groups in total. The molecule has 0 spiro atoms. The lowest BCUT2D eigenvalue weighted by Crippen LogP contribution is -2.54. The Morgan fingerprint density at radius 2 is 1.95 bits per heavy atom. The van der Waals surface area contributed by atoms with Crippen LogP contribution in [-0.2, 0) is 4.74 Å². The number of aliphatic hydroxyl groups excluding tert-OH is 1. The molecule has 0 aliphatic heterocycles. The van der Waals surface area contributed by atoms with Gasteiger partial charge in [-0.3, -0.25) is 0 Å². The van der Waals surface area contributed by atoms with Gasteiger partial charge < -0.3 is 20.5 Å². The maximum Gasteiger partial charge on any atom is 0.407 e. The minimum Gasteiger partial charge on any atom is -0.444 e. The van der Waals surface area contributed by atoms with Crippen LogP contribution in [0.5, 0.6) is 0 Å². The zero-order chi connectivity index (χ0) is 14.6. The average Bonchev–Trinajstić information content (AvgIpc) is 2.17. The molecule has 0 heterocycles. The molecule has 1 amide bonds. The zero-order valence-corrected chi connectivity index (χ0v) is 11.5. The fourth-order valence-corrected chi connectivity index (χ4v) is 1.75. The Kier molecular flexibility index (Phi) is 5.49. The summed E-state index contributed by atoms with van der Waals surface area (Å²) < 4.78 is 29.2. The second-order valence-electron chi connectivity index (χ2n) is 5.82. The maximum absolute atomic E-state index is 12.0. The smallest absolute Gasteiger partial charge is 0.407 e. The summed E-state index contributed by atoms with van der Waals surface area (Å²) in [5.41, 5.74) is -0.535. The van der Waals surface area contributed by atoms with Crippen LogP contribution >= 0.6 is 0 Å². The number of alkyl halides is 2. The van der Waals surface area contributed by atoms with Crippen molar-refractivity contribution < 1.29 is 23.4 Å². The number of rotatable bonds is 5. The fourth-order valence-electron chi connectivity index (χ4n) is 1.75. The van der Waals surface area contributed by atoms with Crippen LogP contribution in [-0.4, -0.2) is 48.0 Å². The highest BCUT2D eigenvalue weighted by Crippen LogP contribution is 2.20. The Balaban J connectivity index is 2.12. The van der Waals surface area contributed by atoms with Crippen LogP contribution in [0.4, 0.5) is 13.6 Å². The molecule has 1 fully saturated rings. The van der Waals surface area contributed by atoms with Gasteiger partial charge in [-0.1, -0.05) is 0 Å². The van der Waals surface area contributed by atoms with E-state index in [-0.39, 0.29) is 18.6 Å². The van der Waals surface area contributed by atoms with Crippen LogP contribution in [0.3, 0.4) is 0 Å². The molecule has 1 atom stereocenters. The number of aliphatic hydroxyl groups is 1. The summed E-state index contributed by atoms with van der Waals surface area (Å²) in [6.45, 7) is 5.21. The molecule has 0 saturated heterocycles.